The molecule has 0 aromatic rings. The SMILES string of the molecule is CCC(CNC(=O)NC(C)C(=O)N(C)CC)C(=O)O. The van der Waals surface area contributed by atoms with Crippen LogP contribution in [-0.4, -0.2) is 54.1 Å². The minimum absolute atomic E-state index is 0.0438. The second-order valence-electron chi connectivity index (χ2n) is 4.37. The van der Waals surface area contributed by atoms with Crippen molar-refractivity contribution in [3.05, 3.63) is 0 Å². The Balaban J connectivity index is 4.17. The summed E-state index contributed by atoms with van der Waals surface area (Å²) in [5.41, 5.74) is 0. The maximum Gasteiger partial charge on any atom is 0.315 e. The van der Waals surface area contributed by atoms with Gasteiger partial charge < -0.3 is 20.6 Å². The number of carboxylic acid groups (broad SMARTS) is 1. The molecular weight excluding hydrogens is 250 g/mol. The van der Waals surface area contributed by atoms with Crippen LogP contribution >= 0.6 is 0 Å². The van der Waals surface area contributed by atoms with Crippen molar-refractivity contribution in [1.82, 2.24) is 15.5 Å². The largest absolute Gasteiger partial charge is 0.481 e. The van der Waals surface area contributed by atoms with E-state index >= 15 is 0 Å². The van der Waals surface area contributed by atoms with Crippen molar-refractivity contribution in [2.24, 2.45) is 5.92 Å². The summed E-state index contributed by atoms with van der Waals surface area (Å²) in [5.74, 6) is -1.75. The second kappa shape index (κ2) is 8.34. The molecule has 2 atom stereocenters. The van der Waals surface area contributed by atoms with Gasteiger partial charge in [-0.3, -0.25) is 9.59 Å². The van der Waals surface area contributed by atoms with Gasteiger partial charge in [0.25, 0.3) is 0 Å². The monoisotopic (exact) mass is 273 g/mol. The molecule has 0 fully saturated rings. The van der Waals surface area contributed by atoms with E-state index in [0.717, 1.165) is 0 Å². The van der Waals surface area contributed by atoms with Crippen molar-refractivity contribution in [2.75, 3.05) is 20.1 Å². The number of carbonyl (C=O) groups excluding carboxylic acids is 2. The first-order valence-electron chi connectivity index (χ1n) is 6.35. The first kappa shape index (κ1) is 17.2. The van der Waals surface area contributed by atoms with E-state index in [1.165, 1.54) is 4.90 Å². The average molecular weight is 273 g/mol. The van der Waals surface area contributed by atoms with E-state index in [-0.39, 0.29) is 12.5 Å². The van der Waals surface area contributed by atoms with E-state index in [4.69, 9.17) is 5.11 Å². The molecule has 0 aromatic carbocycles. The molecule has 0 spiro atoms. The van der Waals surface area contributed by atoms with Crippen LogP contribution in [0.5, 0.6) is 0 Å². The quantitative estimate of drug-likeness (QED) is 0.619. The predicted octanol–water partition coefficient (Wildman–Crippen LogP) is 0.263. The Labute approximate surface area is 113 Å². The summed E-state index contributed by atoms with van der Waals surface area (Å²) < 4.78 is 0. The third-order valence-corrected chi connectivity index (χ3v) is 2.92. The van der Waals surface area contributed by atoms with E-state index in [1.807, 2.05) is 6.92 Å². The van der Waals surface area contributed by atoms with Crippen molar-refractivity contribution in [3.8, 4) is 0 Å². The van der Waals surface area contributed by atoms with Crippen molar-refractivity contribution in [1.29, 1.82) is 0 Å². The number of carboxylic acids is 1. The van der Waals surface area contributed by atoms with Crippen LogP contribution in [0.1, 0.15) is 27.2 Å². The fourth-order valence-corrected chi connectivity index (χ4v) is 1.42. The number of nitrogens with one attached hydrogen (secondary N) is 2. The molecule has 7 heteroatoms. The number of rotatable bonds is 7. The van der Waals surface area contributed by atoms with Crippen LogP contribution in [0.4, 0.5) is 4.79 Å². The summed E-state index contributed by atoms with van der Waals surface area (Å²) in [6.07, 6.45) is 0.433. The highest BCUT2D eigenvalue weighted by Gasteiger charge is 2.20. The second-order valence-corrected chi connectivity index (χ2v) is 4.37. The molecule has 0 heterocycles. The van der Waals surface area contributed by atoms with Crippen molar-refractivity contribution >= 4 is 17.9 Å². The molecule has 0 saturated carbocycles. The topological polar surface area (TPSA) is 98.7 Å². The molecule has 0 aromatic heterocycles. The number of aliphatic carboxylic acids is 1. The Morgan fingerprint density at radius 2 is 1.84 bits per heavy atom. The smallest absolute Gasteiger partial charge is 0.315 e. The lowest BCUT2D eigenvalue weighted by atomic mass is 10.1. The highest BCUT2D eigenvalue weighted by atomic mass is 16.4. The molecule has 0 aliphatic heterocycles. The Kier molecular flexibility index (Phi) is 7.55. The summed E-state index contributed by atoms with van der Waals surface area (Å²) in [6, 6.07) is -1.18. The van der Waals surface area contributed by atoms with Gasteiger partial charge in [-0.1, -0.05) is 6.92 Å². The fourth-order valence-electron chi connectivity index (χ4n) is 1.42. The molecule has 0 aliphatic carbocycles. The molecule has 0 saturated heterocycles. The molecule has 110 valence electrons. The molecule has 0 radical (unpaired) electrons. The Morgan fingerprint density at radius 3 is 2.26 bits per heavy atom. The van der Waals surface area contributed by atoms with Crippen LogP contribution in [-0.2, 0) is 9.59 Å². The number of urea groups is 1. The molecular formula is C12H23N3O4. The average Bonchev–Trinajstić information content (AvgIpc) is 2.36. The first-order valence-corrected chi connectivity index (χ1v) is 6.35. The zero-order valence-corrected chi connectivity index (χ0v) is 11.9. The van der Waals surface area contributed by atoms with Crippen LogP contribution < -0.4 is 10.6 Å². The lowest BCUT2D eigenvalue weighted by Gasteiger charge is -2.21. The van der Waals surface area contributed by atoms with Crippen LogP contribution in [0.15, 0.2) is 0 Å². The van der Waals surface area contributed by atoms with Gasteiger partial charge >= 0.3 is 12.0 Å². The van der Waals surface area contributed by atoms with Gasteiger partial charge in [0.2, 0.25) is 5.91 Å². The highest BCUT2D eigenvalue weighted by Crippen LogP contribution is 2.00. The van der Waals surface area contributed by atoms with E-state index in [1.54, 1.807) is 20.9 Å². The lowest BCUT2D eigenvalue weighted by Crippen LogP contribution is -2.49. The van der Waals surface area contributed by atoms with Gasteiger partial charge in [-0.2, -0.15) is 0 Å². The maximum absolute atomic E-state index is 11.7. The van der Waals surface area contributed by atoms with Gasteiger partial charge in [-0.05, 0) is 20.3 Å². The van der Waals surface area contributed by atoms with Crippen molar-refractivity contribution in [3.63, 3.8) is 0 Å². The lowest BCUT2D eigenvalue weighted by molar-refractivity contribution is -0.141. The number of hydrogen-bond acceptors (Lipinski definition) is 3. The van der Waals surface area contributed by atoms with Crippen LogP contribution in [0.25, 0.3) is 0 Å². The van der Waals surface area contributed by atoms with E-state index in [2.05, 4.69) is 10.6 Å². The van der Waals surface area contributed by atoms with Gasteiger partial charge in [0, 0.05) is 20.1 Å². The van der Waals surface area contributed by atoms with E-state index in [9.17, 15) is 14.4 Å². The Morgan fingerprint density at radius 1 is 1.26 bits per heavy atom. The summed E-state index contributed by atoms with van der Waals surface area (Å²) >= 11 is 0. The third kappa shape index (κ3) is 6.08. The molecule has 0 rings (SSSR count). The summed E-state index contributed by atoms with van der Waals surface area (Å²) in [6.45, 7) is 5.76. The number of amides is 3. The van der Waals surface area contributed by atoms with E-state index < -0.39 is 24.0 Å². The minimum atomic E-state index is -0.947. The maximum atomic E-state index is 11.7. The summed E-state index contributed by atoms with van der Waals surface area (Å²) in [7, 11) is 1.65. The Hall–Kier alpha value is -1.79. The zero-order valence-electron chi connectivity index (χ0n) is 11.9. The highest BCUT2D eigenvalue weighted by molar-refractivity contribution is 5.86. The molecule has 19 heavy (non-hydrogen) atoms. The van der Waals surface area contributed by atoms with E-state index in [0.29, 0.717) is 13.0 Å². The standard InChI is InChI=1S/C12H23N3O4/c1-5-9(11(17)18)7-13-12(19)14-8(3)10(16)15(4)6-2/h8-9H,5-7H2,1-4H3,(H,17,18)(H2,13,14,19). The number of carbonyl (C=O) groups is 3. The number of hydrogen-bond donors (Lipinski definition) is 3. The van der Waals surface area contributed by atoms with Crippen LogP contribution in [0.2, 0.25) is 0 Å². The Bertz CT molecular complexity index is 333. The molecule has 3 amide bonds. The normalized spacial score (nSPS) is 13.3. The molecule has 3 N–H and O–H groups in total. The molecule has 7 nitrogen and oxygen atoms in total. The van der Waals surface area contributed by atoms with Crippen LogP contribution in [0.3, 0.4) is 0 Å². The van der Waals surface area contributed by atoms with Crippen molar-refractivity contribution < 1.29 is 19.5 Å². The number of likely N-dealkylation sites (N-methyl/N-ethyl adjacent to an activating group) is 1. The van der Waals surface area contributed by atoms with Gasteiger partial charge in [-0.25, -0.2) is 4.79 Å². The van der Waals surface area contributed by atoms with Gasteiger partial charge in [-0.15, -0.1) is 0 Å². The minimum Gasteiger partial charge on any atom is -0.481 e. The van der Waals surface area contributed by atoms with Crippen LogP contribution in [0, 0.1) is 5.92 Å². The first-order chi connectivity index (χ1) is 8.83. The van der Waals surface area contributed by atoms with Gasteiger partial charge in [0.15, 0.2) is 0 Å². The third-order valence-electron chi connectivity index (χ3n) is 2.92. The summed E-state index contributed by atoms with van der Waals surface area (Å²) in [4.78, 5) is 35.5. The van der Waals surface area contributed by atoms with Gasteiger partial charge in [0.1, 0.15) is 6.04 Å². The molecule has 0 bridgehead atoms. The number of nitrogens with zero attached hydrogens (tertiary/aromatic N) is 1. The fraction of sp³-hybridized carbons (Fsp3) is 0.750. The zero-order chi connectivity index (χ0) is 15.0. The molecule has 2 unspecified atom stereocenters. The van der Waals surface area contributed by atoms with Gasteiger partial charge in [0.05, 0.1) is 5.92 Å². The predicted molar refractivity (Wildman–Crippen MR) is 70.7 cm³/mol. The van der Waals surface area contributed by atoms with Crippen molar-refractivity contribution in [2.45, 2.75) is 33.2 Å². The summed E-state index contributed by atoms with van der Waals surface area (Å²) in [5, 5.41) is 13.8. The molecule has 0 aliphatic rings.